The fraction of sp³-hybridized carbons (Fsp3) is 0.533. The molecule has 0 radical (unpaired) electrons. The van der Waals surface area contributed by atoms with Crippen molar-refractivity contribution in [3.8, 4) is 0 Å². The molecule has 1 saturated carbocycles. The monoisotopic (exact) mass is 260 g/mol. The molecule has 1 atom stereocenters. The molecule has 4 nitrogen and oxygen atoms in total. The van der Waals surface area contributed by atoms with E-state index in [4.69, 9.17) is 5.11 Å². The van der Waals surface area contributed by atoms with Gasteiger partial charge in [0.05, 0.1) is 5.56 Å². The van der Waals surface area contributed by atoms with E-state index in [0.717, 1.165) is 23.8 Å². The molecule has 0 bridgehead atoms. The van der Waals surface area contributed by atoms with E-state index in [1.807, 2.05) is 13.0 Å². The highest BCUT2D eigenvalue weighted by molar-refractivity contribution is 5.88. The molecule has 1 aromatic rings. The number of hydrogen-bond acceptors (Lipinski definition) is 3. The number of carboxylic acid groups (broad SMARTS) is 1. The van der Waals surface area contributed by atoms with Crippen molar-refractivity contribution in [3.05, 3.63) is 29.3 Å². The predicted octanol–water partition coefficient (Wildman–Crippen LogP) is 2.34. The maximum absolute atomic E-state index is 10.9. The maximum atomic E-state index is 10.9. The lowest BCUT2D eigenvalue weighted by molar-refractivity contribution is 0.0697. The van der Waals surface area contributed by atoms with Gasteiger partial charge in [0, 0.05) is 30.9 Å². The van der Waals surface area contributed by atoms with Crippen molar-refractivity contribution < 1.29 is 9.90 Å². The van der Waals surface area contributed by atoms with Crippen LogP contribution in [-0.2, 0) is 0 Å². The SMILES string of the molecule is Cc1cc(C(=O)O)ccc1NC1CCN(C2CC2)C1. The van der Waals surface area contributed by atoms with Gasteiger partial charge in [0.15, 0.2) is 0 Å². The Balaban J connectivity index is 1.65. The van der Waals surface area contributed by atoms with Crippen molar-refractivity contribution in [1.29, 1.82) is 0 Å². The van der Waals surface area contributed by atoms with Crippen molar-refractivity contribution in [2.45, 2.75) is 38.3 Å². The fourth-order valence-corrected chi connectivity index (χ4v) is 2.86. The summed E-state index contributed by atoms with van der Waals surface area (Å²) in [5.41, 5.74) is 2.42. The molecule has 102 valence electrons. The van der Waals surface area contributed by atoms with Gasteiger partial charge in [-0.1, -0.05) is 0 Å². The van der Waals surface area contributed by atoms with Gasteiger partial charge in [0.25, 0.3) is 0 Å². The number of benzene rings is 1. The second-order valence-corrected chi connectivity index (χ2v) is 5.69. The van der Waals surface area contributed by atoms with Gasteiger partial charge < -0.3 is 10.4 Å². The Morgan fingerprint density at radius 1 is 1.37 bits per heavy atom. The Labute approximate surface area is 113 Å². The van der Waals surface area contributed by atoms with E-state index < -0.39 is 5.97 Å². The van der Waals surface area contributed by atoms with Crippen LogP contribution >= 0.6 is 0 Å². The summed E-state index contributed by atoms with van der Waals surface area (Å²) < 4.78 is 0. The highest BCUT2D eigenvalue weighted by Crippen LogP contribution is 2.31. The van der Waals surface area contributed by atoms with E-state index in [9.17, 15) is 4.79 Å². The molecule has 1 unspecified atom stereocenters. The minimum absolute atomic E-state index is 0.356. The van der Waals surface area contributed by atoms with Crippen LogP contribution in [0.1, 0.15) is 35.2 Å². The number of rotatable bonds is 4. The molecule has 0 aromatic heterocycles. The first kappa shape index (κ1) is 12.5. The van der Waals surface area contributed by atoms with E-state index in [1.54, 1.807) is 12.1 Å². The van der Waals surface area contributed by atoms with Crippen molar-refractivity contribution in [1.82, 2.24) is 4.90 Å². The molecule has 1 aliphatic heterocycles. The molecule has 1 aromatic carbocycles. The number of nitrogens with one attached hydrogen (secondary N) is 1. The molecule has 4 heteroatoms. The summed E-state index contributed by atoms with van der Waals surface area (Å²) in [6, 6.07) is 6.62. The van der Waals surface area contributed by atoms with Gasteiger partial charge in [-0.2, -0.15) is 0 Å². The topological polar surface area (TPSA) is 52.6 Å². The zero-order valence-electron chi connectivity index (χ0n) is 11.2. The first-order chi connectivity index (χ1) is 9.13. The van der Waals surface area contributed by atoms with Gasteiger partial charge in [0.2, 0.25) is 0 Å². The maximum Gasteiger partial charge on any atom is 0.335 e. The molecule has 2 aliphatic rings. The molecule has 3 rings (SSSR count). The summed E-state index contributed by atoms with van der Waals surface area (Å²) in [6.07, 6.45) is 3.90. The van der Waals surface area contributed by atoms with E-state index in [2.05, 4.69) is 10.2 Å². The third kappa shape index (κ3) is 2.73. The Morgan fingerprint density at radius 3 is 2.79 bits per heavy atom. The normalized spacial score (nSPS) is 23.5. The summed E-state index contributed by atoms with van der Waals surface area (Å²) in [5.74, 6) is -0.865. The minimum atomic E-state index is -0.865. The highest BCUT2D eigenvalue weighted by Gasteiger charge is 2.34. The number of nitrogens with zero attached hydrogens (tertiary/aromatic N) is 1. The van der Waals surface area contributed by atoms with Gasteiger partial charge in [-0.3, -0.25) is 4.90 Å². The third-order valence-electron chi connectivity index (χ3n) is 4.12. The average Bonchev–Trinajstić information content (AvgIpc) is 3.12. The summed E-state index contributed by atoms with van der Waals surface area (Å²) in [4.78, 5) is 13.5. The number of carboxylic acids is 1. The lowest BCUT2D eigenvalue weighted by Crippen LogP contribution is -2.27. The quantitative estimate of drug-likeness (QED) is 0.872. The van der Waals surface area contributed by atoms with Crippen molar-refractivity contribution >= 4 is 11.7 Å². The van der Waals surface area contributed by atoms with E-state index in [-0.39, 0.29) is 0 Å². The Morgan fingerprint density at radius 2 is 2.16 bits per heavy atom. The van der Waals surface area contributed by atoms with Crippen LogP contribution in [0.3, 0.4) is 0 Å². The number of likely N-dealkylation sites (tertiary alicyclic amines) is 1. The summed E-state index contributed by atoms with van der Waals surface area (Å²) in [6.45, 7) is 4.27. The van der Waals surface area contributed by atoms with Gasteiger partial charge in [-0.05, 0) is 49.9 Å². The number of hydrogen-bond donors (Lipinski definition) is 2. The molecule has 0 spiro atoms. The standard InChI is InChI=1S/C15H20N2O2/c1-10-8-11(15(18)19)2-5-14(10)16-12-6-7-17(9-12)13-3-4-13/h2,5,8,12-13,16H,3-4,6-7,9H2,1H3,(H,18,19). The highest BCUT2D eigenvalue weighted by atomic mass is 16.4. The largest absolute Gasteiger partial charge is 0.478 e. The zero-order chi connectivity index (χ0) is 13.4. The van der Waals surface area contributed by atoms with Crippen LogP contribution in [0.25, 0.3) is 0 Å². The number of anilines is 1. The van der Waals surface area contributed by atoms with Crippen LogP contribution in [0, 0.1) is 6.92 Å². The zero-order valence-corrected chi connectivity index (χ0v) is 11.2. The number of aromatic carboxylic acids is 1. The average molecular weight is 260 g/mol. The minimum Gasteiger partial charge on any atom is -0.478 e. The van der Waals surface area contributed by atoms with Crippen molar-refractivity contribution in [2.24, 2.45) is 0 Å². The van der Waals surface area contributed by atoms with Gasteiger partial charge in [0.1, 0.15) is 0 Å². The number of carbonyl (C=O) groups is 1. The van der Waals surface area contributed by atoms with E-state index in [0.29, 0.717) is 11.6 Å². The molecular formula is C15H20N2O2. The molecule has 1 saturated heterocycles. The Kier molecular flexibility index (Phi) is 3.19. The predicted molar refractivity (Wildman–Crippen MR) is 74.8 cm³/mol. The Hall–Kier alpha value is -1.55. The fourth-order valence-electron chi connectivity index (χ4n) is 2.86. The molecule has 19 heavy (non-hydrogen) atoms. The lowest BCUT2D eigenvalue weighted by Gasteiger charge is -2.18. The van der Waals surface area contributed by atoms with E-state index in [1.165, 1.54) is 25.8 Å². The van der Waals surface area contributed by atoms with Crippen molar-refractivity contribution in [3.63, 3.8) is 0 Å². The van der Waals surface area contributed by atoms with Crippen LogP contribution in [0.4, 0.5) is 5.69 Å². The molecule has 2 fully saturated rings. The van der Waals surface area contributed by atoms with Gasteiger partial charge >= 0.3 is 5.97 Å². The molecular weight excluding hydrogens is 240 g/mol. The smallest absolute Gasteiger partial charge is 0.335 e. The van der Waals surface area contributed by atoms with Gasteiger partial charge in [-0.15, -0.1) is 0 Å². The summed E-state index contributed by atoms with van der Waals surface area (Å²) in [7, 11) is 0. The molecule has 1 aliphatic carbocycles. The second kappa shape index (κ2) is 4.85. The second-order valence-electron chi connectivity index (χ2n) is 5.69. The summed E-state index contributed by atoms with van der Waals surface area (Å²) >= 11 is 0. The molecule has 0 amide bonds. The van der Waals surface area contributed by atoms with Gasteiger partial charge in [-0.25, -0.2) is 4.79 Å². The van der Waals surface area contributed by atoms with Crippen LogP contribution in [0.2, 0.25) is 0 Å². The van der Waals surface area contributed by atoms with Crippen LogP contribution in [-0.4, -0.2) is 41.1 Å². The first-order valence-corrected chi connectivity index (χ1v) is 6.98. The van der Waals surface area contributed by atoms with Crippen LogP contribution in [0.5, 0.6) is 0 Å². The Bertz CT molecular complexity index is 497. The first-order valence-electron chi connectivity index (χ1n) is 6.98. The molecule has 1 heterocycles. The number of aryl methyl sites for hydroxylation is 1. The van der Waals surface area contributed by atoms with Crippen molar-refractivity contribution in [2.75, 3.05) is 18.4 Å². The van der Waals surface area contributed by atoms with Crippen LogP contribution < -0.4 is 5.32 Å². The van der Waals surface area contributed by atoms with E-state index >= 15 is 0 Å². The third-order valence-corrected chi connectivity index (χ3v) is 4.12. The van der Waals surface area contributed by atoms with Crippen LogP contribution in [0.15, 0.2) is 18.2 Å². The summed E-state index contributed by atoms with van der Waals surface area (Å²) in [5, 5.41) is 12.5. The molecule has 2 N–H and O–H groups in total. The lowest BCUT2D eigenvalue weighted by atomic mass is 10.1.